The molecule has 1 amide bonds. The van der Waals surface area contributed by atoms with E-state index in [4.69, 9.17) is 5.11 Å². The molecular weight excluding hydrogens is 268 g/mol. The molecule has 0 spiro atoms. The molecule has 0 bridgehead atoms. The molecule has 0 unspecified atom stereocenters. The zero-order valence-electron chi connectivity index (χ0n) is 12.6. The van der Waals surface area contributed by atoms with Gasteiger partial charge in [0, 0.05) is 13.1 Å². The quantitative estimate of drug-likeness (QED) is 0.869. The topological polar surface area (TPSA) is 70.5 Å². The van der Waals surface area contributed by atoms with Crippen LogP contribution in [0, 0.1) is 6.92 Å². The summed E-state index contributed by atoms with van der Waals surface area (Å²) < 4.78 is 0. The molecule has 0 radical (unpaired) electrons. The van der Waals surface area contributed by atoms with Gasteiger partial charge < -0.3 is 10.0 Å². The second-order valence-electron chi connectivity index (χ2n) is 5.70. The minimum Gasteiger partial charge on any atom is -0.478 e. The molecule has 0 aromatic carbocycles. The van der Waals surface area contributed by atoms with E-state index in [2.05, 4.69) is 4.98 Å². The third kappa shape index (κ3) is 3.60. The number of carboxylic acids is 1. The minimum atomic E-state index is -1.02. The number of pyridine rings is 1. The SMILES string of the molecule is Cc1nc(C(=O)N(C)C2CCCCCC2)ccc1C(=O)O. The molecule has 114 valence electrons. The predicted molar refractivity (Wildman–Crippen MR) is 79.5 cm³/mol. The van der Waals surface area contributed by atoms with Crippen LogP contribution in [0.5, 0.6) is 0 Å². The highest BCUT2D eigenvalue weighted by Gasteiger charge is 2.23. The molecule has 5 heteroatoms. The van der Waals surface area contributed by atoms with Gasteiger partial charge >= 0.3 is 5.97 Å². The van der Waals surface area contributed by atoms with E-state index < -0.39 is 5.97 Å². The average molecular weight is 290 g/mol. The first-order valence-corrected chi connectivity index (χ1v) is 7.49. The molecule has 2 rings (SSSR count). The summed E-state index contributed by atoms with van der Waals surface area (Å²) in [4.78, 5) is 29.4. The second-order valence-corrected chi connectivity index (χ2v) is 5.70. The highest BCUT2D eigenvalue weighted by Crippen LogP contribution is 2.22. The van der Waals surface area contributed by atoms with Crippen molar-refractivity contribution in [2.24, 2.45) is 0 Å². The van der Waals surface area contributed by atoms with Crippen LogP contribution in [0.3, 0.4) is 0 Å². The van der Waals surface area contributed by atoms with Gasteiger partial charge in [0.15, 0.2) is 0 Å². The molecule has 21 heavy (non-hydrogen) atoms. The Labute approximate surface area is 125 Å². The van der Waals surface area contributed by atoms with Gasteiger partial charge in [-0.1, -0.05) is 25.7 Å². The molecule has 5 nitrogen and oxygen atoms in total. The molecule has 1 aliphatic carbocycles. The molecule has 1 aromatic rings. The number of aryl methyl sites for hydroxylation is 1. The van der Waals surface area contributed by atoms with Gasteiger partial charge in [0.2, 0.25) is 0 Å². The van der Waals surface area contributed by atoms with Gasteiger partial charge in [0.25, 0.3) is 5.91 Å². The lowest BCUT2D eigenvalue weighted by Gasteiger charge is -2.27. The maximum Gasteiger partial charge on any atom is 0.337 e. The van der Waals surface area contributed by atoms with Crippen molar-refractivity contribution in [3.8, 4) is 0 Å². The van der Waals surface area contributed by atoms with E-state index in [0.717, 1.165) is 25.7 Å². The van der Waals surface area contributed by atoms with Crippen LogP contribution in [-0.4, -0.2) is 40.0 Å². The fraction of sp³-hybridized carbons (Fsp3) is 0.562. The summed E-state index contributed by atoms with van der Waals surface area (Å²) in [6, 6.07) is 3.23. The summed E-state index contributed by atoms with van der Waals surface area (Å²) in [7, 11) is 1.82. The fourth-order valence-corrected chi connectivity index (χ4v) is 2.90. The molecule has 1 fully saturated rings. The van der Waals surface area contributed by atoms with Crippen LogP contribution in [0.15, 0.2) is 12.1 Å². The molecule has 0 saturated heterocycles. The van der Waals surface area contributed by atoms with Crippen molar-refractivity contribution in [3.05, 3.63) is 29.1 Å². The van der Waals surface area contributed by atoms with E-state index in [-0.39, 0.29) is 17.5 Å². The number of hydrogen-bond acceptors (Lipinski definition) is 3. The van der Waals surface area contributed by atoms with Crippen LogP contribution in [0.4, 0.5) is 0 Å². The van der Waals surface area contributed by atoms with Crippen LogP contribution < -0.4 is 0 Å². The van der Waals surface area contributed by atoms with Crippen molar-refractivity contribution < 1.29 is 14.7 Å². The summed E-state index contributed by atoms with van der Waals surface area (Å²) in [5, 5.41) is 9.00. The number of aromatic nitrogens is 1. The Morgan fingerprint density at radius 1 is 1.19 bits per heavy atom. The van der Waals surface area contributed by atoms with E-state index in [1.54, 1.807) is 11.8 Å². The van der Waals surface area contributed by atoms with Crippen LogP contribution in [0.1, 0.15) is 65.1 Å². The zero-order valence-corrected chi connectivity index (χ0v) is 12.6. The molecule has 1 N–H and O–H groups in total. The Kier molecular flexibility index (Phi) is 4.94. The predicted octanol–water partition coefficient (Wildman–Crippen LogP) is 2.88. The number of carbonyl (C=O) groups excluding carboxylic acids is 1. The molecule has 0 aliphatic heterocycles. The van der Waals surface area contributed by atoms with E-state index in [1.807, 2.05) is 7.05 Å². The number of rotatable bonds is 3. The van der Waals surface area contributed by atoms with Crippen molar-refractivity contribution in [1.82, 2.24) is 9.88 Å². The Morgan fingerprint density at radius 3 is 2.33 bits per heavy atom. The van der Waals surface area contributed by atoms with Crippen molar-refractivity contribution in [1.29, 1.82) is 0 Å². The fourth-order valence-electron chi connectivity index (χ4n) is 2.90. The maximum absolute atomic E-state index is 12.5. The Morgan fingerprint density at radius 2 is 1.81 bits per heavy atom. The molecule has 1 aliphatic rings. The third-order valence-electron chi connectivity index (χ3n) is 4.23. The summed E-state index contributed by atoms with van der Waals surface area (Å²) in [5.41, 5.74) is 0.843. The number of carboxylic acid groups (broad SMARTS) is 1. The first-order valence-electron chi connectivity index (χ1n) is 7.49. The van der Waals surface area contributed by atoms with E-state index in [0.29, 0.717) is 11.4 Å². The summed E-state index contributed by atoms with van der Waals surface area (Å²) in [6.45, 7) is 1.62. The lowest BCUT2D eigenvalue weighted by atomic mass is 10.1. The Balaban J connectivity index is 2.15. The number of carbonyl (C=O) groups is 2. The van der Waals surface area contributed by atoms with Gasteiger partial charge in [-0.3, -0.25) is 4.79 Å². The largest absolute Gasteiger partial charge is 0.478 e. The molecule has 1 saturated carbocycles. The number of hydrogen-bond donors (Lipinski definition) is 1. The van der Waals surface area contributed by atoms with E-state index in [9.17, 15) is 9.59 Å². The molecule has 1 heterocycles. The standard InChI is InChI=1S/C16H22N2O3/c1-11-13(16(20)21)9-10-14(17-11)15(19)18(2)12-7-5-3-4-6-8-12/h9-10,12H,3-8H2,1-2H3,(H,20,21). The van der Waals surface area contributed by atoms with Crippen molar-refractivity contribution in [2.45, 2.75) is 51.5 Å². The van der Waals surface area contributed by atoms with E-state index >= 15 is 0 Å². The summed E-state index contributed by atoms with van der Waals surface area (Å²) >= 11 is 0. The number of amides is 1. The number of aromatic carboxylic acids is 1. The average Bonchev–Trinajstić information content (AvgIpc) is 2.74. The Bertz CT molecular complexity index is 534. The van der Waals surface area contributed by atoms with Crippen LogP contribution >= 0.6 is 0 Å². The highest BCUT2D eigenvalue weighted by atomic mass is 16.4. The Hall–Kier alpha value is -1.91. The molecule has 0 atom stereocenters. The van der Waals surface area contributed by atoms with Gasteiger partial charge in [0.05, 0.1) is 11.3 Å². The zero-order chi connectivity index (χ0) is 15.4. The summed E-state index contributed by atoms with van der Waals surface area (Å²) in [5.74, 6) is -1.14. The third-order valence-corrected chi connectivity index (χ3v) is 4.23. The lowest BCUT2D eigenvalue weighted by molar-refractivity contribution is 0.0686. The van der Waals surface area contributed by atoms with E-state index in [1.165, 1.54) is 25.0 Å². The molecular formula is C16H22N2O3. The molecule has 1 aromatic heterocycles. The normalized spacial score (nSPS) is 16.3. The van der Waals surface area contributed by atoms with Gasteiger partial charge in [-0.15, -0.1) is 0 Å². The van der Waals surface area contributed by atoms with Crippen LogP contribution in [0.2, 0.25) is 0 Å². The van der Waals surface area contributed by atoms with Crippen LogP contribution in [0.25, 0.3) is 0 Å². The first kappa shape index (κ1) is 15.5. The van der Waals surface area contributed by atoms with Crippen LogP contribution in [-0.2, 0) is 0 Å². The minimum absolute atomic E-state index is 0.123. The maximum atomic E-state index is 12.5. The van der Waals surface area contributed by atoms with Gasteiger partial charge in [-0.2, -0.15) is 0 Å². The first-order chi connectivity index (χ1) is 10.0. The highest BCUT2D eigenvalue weighted by molar-refractivity contribution is 5.94. The monoisotopic (exact) mass is 290 g/mol. The van der Waals surface area contributed by atoms with Crippen molar-refractivity contribution in [2.75, 3.05) is 7.05 Å². The van der Waals surface area contributed by atoms with Gasteiger partial charge in [-0.25, -0.2) is 9.78 Å². The number of nitrogens with zero attached hydrogens (tertiary/aromatic N) is 2. The summed E-state index contributed by atoms with van der Waals surface area (Å²) in [6.07, 6.45) is 6.87. The second kappa shape index (κ2) is 6.70. The lowest BCUT2D eigenvalue weighted by Crippen LogP contribution is -2.37. The van der Waals surface area contributed by atoms with Crippen molar-refractivity contribution in [3.63, 3.8) is 0 Å². The van der Waals surface area contributed by atoms with Crippen molar-refractivity contribution >= 4 is 11.9 Å². The van der Waals surface area contributed by atoms with Gasteiger partial charge in [-0.05, 0) is 31.9 Å². The van der Waals surface area contributed by atoms with Gasteiger partial charge in [0.1, 0.15) is 5.69 Å². The smallest absolute Gasteiger partial charge is 0.337 e.